The molecule has 3 heteroatoms. The standard InChI is InChI=1S/C22H43N3/c1-15(2)20-12-21(24-14-20)10-17(4)22-11-18(13-25-22)9-16(3)19-5-7-23-8-6-19/h15-25H,5-14H2,1-4H3. The average molecular weight is 350 g/mol. The molecule has 3 rings (SSSR count). The van der Waals surface area contributed by atoms with Gasteiger partial charge in [0.25, 0.3) is 0 Å². The van der Waals surface area contributed by atoms with Crippen molar-refractivity contribution in [3.05, 3.63) is 0 Å². The van der Waals surface area contributed by atoms with Gasteiger partial charge in [-0.2, -0.15) is 0 Å². The second kappa shape index (κ2) is 9.19. The zero-order valence-electron chi connectivity index (χ0n) is 17.2. The van der Waals surface area contributed by atoms with Crippen LogP contribution in [-0.4, -0.2) is 38.3 Å². The summed E-state index contributed by atoms with van der Waals surface area (Å²) in [4.78, 5) is 0. The van der Waals surface area contributed by atoms with Crippen molar-refractivity contribution >= 4 is 0 Å². The Kier molecular flexibility index (Phi) is 7.22. The van der Waals surface area contributed by atoms with Crippen molar-refractivity contribution in [1.82, 2.24) is 16.0 Å². The molecule has 0 amide bonds. The SMILES string of the molecule is CC(C)C1CNC(CC(C)C2CC(CC(C)C3CCNCC3)CN2)C1. The summed E-state index contributed by atoms with van der Waals surface area (Å²) >= 11 is 0. The van der Waals surface area contributed by atoms with Gasteiger partial charge in [-0.3, -0.25) is 0 Å². The van der Waals surface area contributed by atoms with E-state index >= 15 is 0 Å². The van der Waals surface area contributed by atoms with Crippen LogP contribution in [0.15, 0.2) is 0 Å². The summed E-state index contributed by atoms with van der Waals surface area (Å²) in [6.45, 7) is 14.7. The lowest BCUT2D eigenvalue weighted by Gasteiger charge is -2.30. The van der Waals surface area contributed by atoms with Crippen LogP contribution in [-0.2, 0) is 0 Å². The van der Waals surface area contributed by atoms with Crippen molar-refractivity contribution in [2.24, 2.45) is 35.5 Å². The van der Waals surface area contributed by atoms with Crippen molar-refractivity contribution in [3.8, 4) is 0 Å². The molecule has 3 aliphatic rings. The highest BCUT2D eigenvalue weighted by Gasteiger charge is 2.33. The Morgan fingerprint density at radius 1 is 0.800 bits per heavy atom. The third kappa shape index (κ3) is 5.43. The molecular formula is C22H43N3. The maximum atomic E-state index is 3.88. The maximum Gasteiger partial charge on any atom is 0.00965 e. The largest absolute Gasteiger partial charge is 0.317 e. The van der Waals surface area contributed by atoms with E-state index in [0.29, 0.717) is 0 Å². The highest BCUT2D eigenvalue weighted by molar-refractivity contribution is 4.91. The Bertz CT molecular complexity index is 391. The molecular weight excluding hydrogens is 306 g/mol. The first kappa shape index (κ1) is 19.6. The van der Waals surface area contributed by atoms with Crippen LogP contribution >= 0.6 is 0 Å². The smallest absolute Gasteiger partial charge is 0.00965 e. The lowest BCUT2D eigenvalue weighted by molar-refractivity contribution is 0.236. The van der Waals surface area contributed by atoms with Crippen LogP contribution in [0, 0.1) is 35.5 Å². The quantitative estimate of drug-likeness (QED) is 0.656. The number of hydrogen-bond acceptors (Lipinski definition) is 3. The molecule has 0 aliphatic carbocycles. The fraction of sp³-hybridized carbons (Fsp3) is 1.00. The number of nitrogens with one attached hydrogen (secondary N) is 3. The molecule has 3 heterocycles. The van der Waals surface area contributed by atoms with Crippen molar-refractivity contribution < 1.29 is 0 Å². The molecule has 3 aliphatic heterocycles. The minimum atomic E-state index is 0.755. The Morgan fingerprint density at radius 2 is 1.56 bits per heavy atom. The molecule has 0 spiro atoms. The summed E-state index contributed by atoms with van der Waals surface area (Å²) in [5, 5.41) is 11.2. The van der Waals surface area contributed by atoms with E-state index in [-0.39, 0.29) is 0 Å². The average Bonchev–Trinajstić information content (AvgIpc) is 3.25. The second-order valence-electron chi connectivity index (χ2n) is 9.97. The van der Waals surface area contributed by atoms with Gasteiger partial charge in [-0.25, -0.2) is 0 Å². The van der Waals surface area contributed by atoms with E-state index in [1.54, 1.807) is 0 Å². The van der Waals surface area contributed by atoms with Gasteiger partial charge < -0.3 is 16.0 Å². The molecule has 0 aromatic rings. The molecule has 6 unspecified atom stereocenters. The van der Waals surface area contributed by atoms with Gasteiger partial charge in [-0.1, -0.05) is 27.7 Å². The van der Waals surface area contributed by atoms with Gasteiger partial charge >= 0.3 is 0 Å². The van der Waals surface area contributed by atoms with E-state index in [1.165, 1.54) is 64.7 Å². The summed E-state index contributed by atoms with van der Waals surface area (Å²) in [5.74, 6) is 5.32. The minimum absolute atomic E-state index is 0.755. The van der Waals surface area contributed by atoms with Crippen LogP contribution in [0.4, 0.5) is 0 Å². The van der Waals surface area contributed by atoms with Gasteiger partial charge in [0.15, 0.2) is 0 Å². The van der Waals surface area contributed by atoms with Crippen molar-refractivity contribution in [3.63, 3.8) is 0 Å². The number of piperidine rings is 1. The molecule has 6 atom stereocenters. The first-order valence-corrected chi connectivity index (χ1v) is 11.2. The molecule has 3 fully saturated rings. The molecule has 3 N–H and O–H groups in total. The highest BCUT2D eigenvalue weighted by Crippen LogP contribution is 2.33. The van der Waals surface area contributed by atoms with Gasteiger partial charge in [0.1, 0.15) is 0 Å². The Hall–Kier alpha value is -0.120. The van der Waals surface area contributed by atoms with Crippen molar-refractivity contribution in [2.45, 2.75) is 78.3 Å². The molecule has 0 bridgehead atoms. The predicted molar refractivity (Wildman–Crippen MR) is 108 cm³/mol. The number of hydrogen-bond donors (Lipinski definition) is 3. The fourth-order valence-electron chi connectivity index (χ4n) is 5.74. The molecule has 0 aromatic heterocycles. The molecule has 3 nitrogen and oxygen atoms in total. The third-order valence-corrected chi connectivity index (χ3v) is 7.69. The molecule has 0 radical (unpaired) electrons. The first-order chi connectivity index (χ1) is 12.0. The second-order valence-corrected chi connectivity index (χ2v) is 9.97. The predicted octanol–water partition coefficient (Wildman–Crippen LogP) is 3.65. The van der Waals surface area contributed by atoms with Crippen LogP contribution in [0.2, 0.25) is 0 Å². The van der Waals surface area contributed by atoms with Gasteiger partial charge in [0.2, 0.25) is 0 Å². The van der Waals surface area contributed by atoms with E-state index in [1.807, 2.05) is 0 Å². The summed E-state index contributed by atoms with van der Waals surface area (Å²) in [5.41, 5.74) is 0. The molecule has 0 saturated carbocycles. The van der Waals surface area contributed by atoms with Gasteiger partial charge in [-0.15, -0.1) is 0 Å². The lowest BCUT2D eigenvalue weighted by atomic mass is 9.79. The van der Waals surface area contributed by atoms with Crippen LogP contribution in [0.1, 0.15) is 66.2 Å². The summed E-state index contributed by atoms with van der Waals surface area (Å²) in [6.07, 6.45) is 8.40. The fourth-order valence-corrected chi connectivity index (χ4v) is 5.74. The van der Waals surface area contributed by atoms with Gasteiger partial charge in [0, 0.05) is 12.1 Å². The van der Waals surface area contributed by atoms with Crippen LogP contribution in [0.3, 0.4) is 0 Å². The third-order valence-electron chi connectivity index (χ3n) is 7.69. The highest BCUT2D eigenvalue weighted by atomic mass is 15.0. The van der Waals surface area contributed by atoms with E-state index < -0.39 is 0 Å². The lowest BCUT2D eigenvalue weighted by Crippen LogP contribution is -2.33. The zero-order chi connectivity index (χ0) is 17.8. The van der Waals surface area contributed by atoms with Crippen LogP contribution in [0.25, 0.3) is 0 Å². The summed E-state index contributed by atoms with van der Waals surface area (Å²) in [6, 6.07) is 1.52. The van der Waals surface area contributed by atoms with Crippen molar-refractivity contribution in [1.29, 1.82) is 0 Å². The topological polar surface area (TPSA) is 36.1 Å². The summed E-state index contributed by atoms with van der Waals surface area (Å²) in [7, 11) is 0. The van der Waals surface area contributed by atoms with E-state index in [2.05, 4.69) is 43.6 Å². The first-order valence-electron chi connectivity index (χ1n) is 11.2. The van der Waals surface area contributed by atoms with Gasteiger partial charge in [-0.05, 0) is 100 Å². The van der Waals surface area contributed by atoms with Crippen LogP contribution < -0.4 is 16.0 Å². The molecule has 146 valence electrons. The van der Waals surface area contributed by atoms with Crippen molar-refractivity contribution in [2.75, 3.05) is 26.2 Å². The Balaban J connectivity index is 1.38. The Morgan fingerprint density at radius 3 is 2.24 bits per heavy atom. The molecule has 3 saturated heterocycles. The summed E-state index contributed by atoms with van der Waals surface area (Å²) < 4.78 is 0. The van der Waals surface area contributed by atoms with E-state index in [4.69, 9.17) is 0 Å². The van der Waals surface area contributed by atoms with E-state index in [0.717, 1.165) is 47.6 Å². The minimum Gasteiger partial charge on any atom is -0.317 e. The zero-order valence-corrected chi connectivity index (χ0v) is 17.2. The van der Waals surface area contributed by atoms with Crippen LogP contribution in [0.5, 0.6) is 0 Å². The number of rotatable bonds is 7. The monoisotopic (exact) mass is 349 g/mol. The Labute approximate surface area is 156 Å². The normalized spacial score (nSPS) is 36.8. The maximum absolute atomic E-state index is 3.88. The molecule has 25 heavy (non-hydrogen) atoms. The van der Waals surface area contributed by atoms with Gasteiger partial charge in [0.05, 0.1) is 0 Å². The molecule has 0 aromatic carbocycles. The van der Waals surface area contributed by atoms with E-state index in [9.17, 15) is 0 Å².